The van der Waals surface area contributed by atoms with Crippen molar-refractivity contribution in [2.45, 2.75) is 45.0 Å². The van der Waals surface area contributed by atoms with Gasteiger partial charge >= 0.3 is 12.4 Å². The number of halogens is 3. The van der Waals surface area contributed by atoms with Gasteiger partial charge in [-0.15, -0.1) is 13.2 Å². The van der Waals surface area contributed by atoms with E-state index >= 15 is 0 Å². The second-order valence-corrected chi connectivity index (χ2v) is 8.89. The van der Waals surface area contributed by atoms with Crippen LogP contribution in [0.1, 0.15) is 38.8 Å². The largest absolute Gasteiger partial charge is 0.573 e. The Hall–Kier alpha value is -3.56. The van der Waals surface area contributed by atoms with Gasteiger partial charge in [0, 0.05) is 5.69 Å². The average Bonchev–Trinajstić information content (AvgIpc) is 2.92. The van der Waals surface area contributed by atoms with E-state index in [4.69, 9.17) is 0 Å². The number of carbonyl (C=O) groups is 3. The van der Waals surface area contributed by atoms with Crippen LogP contribution in [0, 0.1) is 0 Å². The van der Waals surface area contributed by atoms with Gasteiger partial charge in [-0.25, -0.2) is 4.79 Å². The summed E-state index contributed by atoms with van der Waals surface area (Å²) >= 11 is 0. The minimum absolute atomic E-state index is 0.0798. The number of nitrogens with one attached hydrogen (secondary N) is 2. The standard InChI is InChI=1S/C23H24F3N3O4/c1-21(2,3)14-5-7-15(8-6-14)22(4)19(31)29(20(32)28-22)13-18(30)27-16-9-11-17(12-10-16)33-23(24,25)26/h5-12H,13H2,1-4H3,(H,27,30)(H,28,32)/t22-/m1/s1. The topological polar surface area (TPSA) is 87.7 Å². The molecule has 2 aromatic carbocycles. The van der Waals surface area contributed by atoms with Crippen molar-refractivity contribution in [3.63, 3.8) is 0 Å². The highest BCUT2D eigenvalue weighted by Gasteiger charge is 2.49. The molecule has 1 heterocycles. The molecule has 0 bridgehead atoms. The number of carbonyl (C=O) groups excluding carboxylic acids is 3. The van der Waals surface area contributed by atoms with Crippen LogP contribution in [0.3, 0.4) is 0 Å². The third-order valence-corrected chi connectivity index (χ3v) is 5.28. The number of amides is 4. The monoisotopic (exact) mass is 463 g/mol. The second-order valence-electron chi connectivity index (χ2n) is 8.89. The molecule has 1 aliphatic heterocycles. The smallest absolute Gasteiger partial charge is 0.406 e. The molecule has 1 atom stereocenters. The van der Waals surface area contributed by atoms with Gasteiger partial charge in [0.25, 0.3) is 5.91 Å². The van der Waals surface area contributed by atoms with Crippen LogP contribution in [-0.4, -0.2) is 35.7 Å². The maximum Gasteiger partial charge on any atom is 0.573 e. The third kappa shape index (κ3) is 5.44. The summed E-state index contributed by atoms with van der Waals surface area (Å²) in [5.74, 6) is -1.71. The summed E-state index contributed by atoms with van der Waals surface area (Å²) in [5, 5.41) is 5.08. The quantitative estimate of drug-likeness (QED) is 0.648. The van der Waals surface area contributed by atoms with Gasteiger partial charge in [-0.2, -0.15) is 0 Å². The summed E-state index contributed by atoms with van der Waals surface area (Å²) in [6.07, 6.45) is -4.83. The van der Waals surface area contributed by atoms with Crippen LogP contribution in [0.15, 0.2) is 48.5 Å². The zero-order chi connectivity index (χ0) is 24.6. The Labute approximate surface area is 188 Å². The van der Waals surface area contributed by atoms with Gasteiger partial charge in [-0.3, -0.25) is 14.5 Å². The lowest BCUT2D eigenvalue weighted by Crippen LogP contribution is -2.42. The molecular weight excluding hydrogens is 439 g/mol. The molecule has 7 nitrogen and oxygen atoms in total. The Morgan fingerprint density at radius 1 is 1.03 bits per heavy atom. The summed E-state index contributed by atoms with van der Waals surface area (Å²) in [4.78, 5) is 38.7. The molecule has 2 aromatic rings. The van der Waals surface area contributed by atoms with Crippen molar-refractivity contribution < 1.29 is 32.3 Å². The van der Waals surface area contributed by atoms with Crippen molar-refractivity contribution in [1.82, 2.24) is 10.2 Å². The fourth-order valence-corrected chi connectivity index (χ4v) is 3.42. The van der Waals surface area contributed by atoms with E-state index in [1.165, 1.54) is 12.1 Å². The molecule has 4 amide bonds. The molecule has 0 aromatic heterocycles. The lowest BCUT2D eigenvalue weighted by Gasteiger charge is -2.24. The number of imide groups is 1. The normalized spacial score (nSPS) is 18.8. The Morgan fingerprint density at radius 3 is 2.12 bits per heavy atom. The highest BCUT2D eigenvalue weighted by Crippen LogP contribution is 2.31. The molecule has 33 heavy (non-hydrogen) atoms. The van der Waals surface area contributed by atoms with E-state index in [9.17, 15) is 27.6 Å². The van der Waals surface area contributed by atoms with E-state index in [1.807, 2.05) is 12.1 Å². The number of urea groups is 1. The number of rotatable bonds is 5. The van der Waals surface area contributed by atoms with Gasteiger partial charge in [0.05, 0.1) is 0 Å². The predicted molar refractivity (Wildman–Crippen MR) is 114 cm³/mol. The highest BCUT2D eigenvalue weighted by atomic mass is 19.4. The lowest BCUT2D eigenvalue weighted by molar-refractivity contribution is -0.274. The number of benzene rings is 2. The average molecular weight is 463 g/mol. The van der Waals surface area contributed by atoms with Crippen LogP contribution in [-0.2, 0) is 20.5 Å². The Balaban J connectivity index is 1.67. The van der Waals surface area contributed by atoms with Crippen LogP contribution in [0.4, 0.5) is 23.7 Å². The molecule has 0 radical (unpaired) electrons. The number of hydrogen-bond acceptors (Lipinski definition) is 4. The Kier molecular flexibility index (Phi) is 6.14. The van der Waals surface area contributed by atoms with Gasteiger partial charge in [0.15, 0.2) is 0 Å². The van der Waals surface area contributed by atoms with E-state index in [2.05, 4.69) is 36.1 Å². The molecular formula is C23H24F3N3O4. The first-order valence-electron chi connectivity index (χ1n) is 10.1. The molecule has 1 fully saturated rings. The van der Waals surface area contributed by atoms with Gasteiger partial charge < -0.3 is 15.4 Å². The van der Waals surface area contributed by atoms with Crippen LogP contribution < -0.4 is 15.4 Å². The maximum absolute atomic E-state index is 13.0. The minimum Gasteiger partial charge on any atom is -0.406 e. The summed E-state index contributed by atoms with van der Waals surface area (Å²) in [7, 11) is 0. The highest BCUT2D eigenvalue weighted by molar-refractivity contribution is 6.10. The second kappa shape index (κ2) is 8.42. The first kappa shape index (κ1) is 24.1. The Bertz CT molecular complexity index is 1060. The molecule has 3 rings (SSSR count). The number of anilines is 1. The SMILES string of the molecule is CC(C)(C)c1ccc([C@@]2(C)NC(=O)N(CC(=O)Nc3ccc(OC(F)(F)F)cc3)C2=O)cc1. The van der Waals surface area contributed by atoms with Gasteiger partial charge in [-0.1, -0.05) is 45.0 Å². The van der Waals surface area contributed by atoms with Crippen LogP contribution in [0.2, 0.25) is 0 Å². The molecule has 2 N–H and O–H groups in total. The molecule has 10 heteroatoms. The summed E-state index contributed by atoms with van der Waals surface area (Å²) < 4.78 is 40.5. The maximum atomic E-state index is 13.0. The first-order valence-corrected chi connectivity index (χ1v) is 10.1. The lowest BCUT2D eigenvalue weighted by atomic mass is 9.84. The Morgan fingerprint density at radius 2 is 1.61 bits per heavy atom. The van der Waals surface area contributed by atoms with Crippen molar-refractivity contribution in [3.05, 3.63) is 59.7 Å². The van der Waals surface area contributed by atoms with E-state index in [-0.39, 0.29) is 11.1 Å². The molecule has 0 aliphatic carbocycles. The number of alkyl halides is 3. The first-order chi connectivity index (χ1) is 15.2. The van der Waals surface area contributed by atoms with Crippen molar-refractivity contribution in [3.8, 4) is 5.75 Å². The third-order valence-electron chi connectivity index (χ3n) is 5.28. The summed E-state index contributed by atoms with van der Waals surface area (Å²) in [6.45, 7) is 7.19. The number of nitrogens with zero attached hydrogens (tertiary/aromatic N) is 1. The van der Waals surface area contributed by atoms with Crippen molar-refractivity contribution in [2.75, 3.05) is 11.9 Å². The van der Waals surface area contributed by atoms with Gasteiger partial charge in [0.2, 0.25) is 5.91 Å². The summed E-state index contributed by atoms with van der Waals surface area (Å²) in [5.41, 5.74) is 0.419. The fourth-order valence-electron chi connectivity index (χ4n) is 3.42. The fraction of sp³-hybridized carbons (Fsp3) is 0.348. The number of ether oxygens (including phenoxy) is 1. The molecule has 1 aliphatic rings. The molecule has 0 saturated carbocycles. The van der Waals surface area contributed by atoms with Crippen LogP contribution >= 0.6 is 0 Å². The van der Waals surface area contributed by atoms with E-state index in [1.54, 1.807) is 19.1 Å². The molecule has 1 saturated heterocycles. The predicted octanol–water partition coefficient (Wildman–Crippen LogP) is 4.29. The molecule has 0 unspecified atom stereocenters. The molecule has 0 spiro atoms. The van der Waals surface area contributed by atoms with Gasteiger partial charge in [0.1, 0.15) is 17.8 Å². The van der Waals surface area contributed by atoms with E-state index in [0.717, 1.165) is 22.6 Å². The zero-order valence-corrected chi connectivity index (χ0v) is 18.5. The minimum atomic E-state index is -4.83. The summed E-state index contributed by atoms with van der Waals surface area (Å²) in [6, 6.07) is 11.1. The number of hydrogen-bond donors (Lipinski definition) is 2. The van der Waals surface area contributed by atoms with E-state index in [0.29, 0.717) is 5.56 Å². The van der Waals surface area contributed by atoms with Crippen molar-refractivity contribution >= 4 is 23.5 Å². The van der Waals surface area contributed by atoms with E-state index < -0.39 is 42.0 Å². The zero-order valence-electron chi connectivity index (χ0n) is 18.5. The van der Waals surface area contributed by atoms with Crippen LogP contribution in [0.5, 0.6) is 5.75 Å². The molecule has 176 valence electrons. The van der Waals surface area contributed by atoms with Gasteiger partial charge in [-0.05, 0) is 47.7 Å². The van der Waals surface area contributed by atoms with Crippen LogP contribution in [0.25, 0.3) is 0 Å². The van der Waals surface area contributed by atoms with Crippen molar-refractivity contribution in [1.29, 1.82) is 0 Å². The van der Waals surface area contributed by atoms with Crippen molar-refractivity contribution in [2.24, 2.45) is 0 Å².